The largest absolute Gasteiger partial charge is 0.497 e. The van der Waals surface area contributed by atoms with Crippen molar-refractivity contribution in [2.75, 3.05) is 20.2 Å². The van der Waals surface area contributed by atoms with Crippen molar-refractivity contribution >= 4 is 17.7 Å². The molecule has 4 rings (SSSR count). The molecule has 3 amide bonds. The van der Waals surface area contributed by atoms with Crippen LogP contribution in [0.5, 0.6) is 5.75 Å². The van der Waals surface area contributed by atoms with Crippen LogP contribution in [0.15, 0.2) is 48.5 Å². The molecule has 0 bridgehead atoms. The number of likely N-dealkylation sites (tertiary alicyclic amines) is 1. The van der Waals surface area contributed by atoms with Gasteiger partial charge < -0.3 is 20.3 Å². The Bertz CT molecular complexity index is 1020. The topological polar surface area (TPSA) is 87.7 Å². The zero-order chi connectivity index (χ0) is 22.7. The van der Waals surface area contributed by atoms with E-state index in [0.29, 0.717) is 37.2 Å². The van der Waals surface area contributed by atoms with Crippen LogP contribution in [-0.2, 0) is 16.1 Å². The summed E-state index contributed by atoms with van der Waals surface area (Å²) in [6.45, 7) is 3.06. The molecule has 2 saturated heterocycles. The molecule has 7 heteroatoms. The number of carbonyl (C=O) groups excluding carboxylic acids is 3. The number of rotatable bonds is 5. The van der Waals surface area contributed by atoms with Crippen LogP contribution in [0.25, 0.3) is 0 Å². The van der Waals surface area contributed by atoms with Crippen LogP contribution < -0.4 is 15.4 Å². The van der Waals surface area contributed by atoms with Gasteiger partial charge in [-0.2, -0.15) is 0 Å². The number of fused-ring (bicyclic) bond motifs is 1. The van der Waals surface area contributed by atoms with Gasteiger partial charge in [-0.15, -0.1) is 0 Å². The van der Waals surface area contributed by atoms with Gasteiger partial charge in [0.05, 0.1) is 12.5 Å². The van der Waals surface area contributed by atoms with Crippen LogP contribution in [-0.4, -0.2) is 48.9 Å². The number of nitrogens with zero attached hydrogens (tertiary/aromatic N) is 1. The molecule has 2 aromatic carbocycles. The van der Waals surface area contributed by atoms with Gasteiger partial charge in [0, 0.05) is 37.7 Å². The van der Waals surface area contributed by atoms with E-state index < -0.39 is 5.41 Å². The summed E-state index contributed by atoms with van der Waals surface area (Å²) in [5.74, 6) is 0.447. The van der Waals surface area contributed by atoms with Gasteiger partial charge in [0.15, 0.2) is 0 Å². The average Bonchev–Trinajstić information content (AvgIpc) is 2.82. The third-order valence-electron chi connectivity index (χ3n) is 6.66. The van der Waals surface area contributed by atoms with Gasteiger partial charge in [-0.25, -0.2) is 0 Å². The Morgan fingerprint density at radius 3 is 2.72 bits per heavy atom. The predicted molar refractivity (Wildman–Crippen MR) is 120 cm³/mol. The van der Waals surface area contributed by atoms with Gasteiger partial charge >= 0.3 is 0 Å². The summed E-state index contributed by atoms with van der Waals surface area (Å²) in [7, 11) is 1.59. The zero-order valence-corrected chi connectivity index (χ0v) is 18.5. The standard InChI is InChI=1S/C25H29N3O4/c1-17-14-19(32-2)8-9-20(17)23(30)28-13-11-21-25(16-28,12-10-22(29)27-21)24(31)26-15-18-6-4-3-5-7-18/h3-9,14,21H,10-13,15-16H2,1-2H3,(H,26,31)(H,27,29)/t21-,25+/m1/s1. The first-order chi connectivity index (χ1) is 15.4. The first kappa shape index (κ1) is 21.9. The van der Waals surface area contributed by atoms with Crippen LogP contribution in [0.2, 0.25) is 0 Å². The first-order valence-electron chi connectivity index (χ1n) is 11.0. The summed E-state index contributed by atoms with van der Waals surface area (Å²) in [4.78, 5) is 40.7. The van der Waals surface area contributed by atoms with Crippen molar-refractivity contribution in [2.45, 2.75) is 38.8 Å². The van der Waals surface area contributed by atoms with Crippen molar-refractivity contribution in [3.05, 3.63) is 65.2 Å². The van der Waals surface area contributed by atoms with Gasteiger partial charge in [0.25, 0.3) is 5.91 Å². The van der Waals surface area contributed by atoms with Gasteiger partial charge in [-0.3, -0.25) is 14.4 Å². The smallest absolute Gasteiger partial charge is 0.254 e. The van der Waals surface area contributed by atoms with Gasteiger partial charge in [0.2, 0.25) is 11.8 Å². The maximum atomic E-state index is 13.5. The van der Waals surface area contributed by atoms with Gasteiger partial charge in [-0.1, -0.05) is 30.3 Å². The second kappa shape index (κ2) is 9.02. The molecule has 2 aromatic rings. The minimum Gasteiger partial charge on any atom is -0.497 e. The quantitative estimate of drug-likeness (QED) is 0.755. The lowest BCUT2D eigenvalue weighted by molar-refractivity contribution is -0.142. The molecule has 2 heterocycles. The number of methoxy groups -OCH3 is 1. The average molecular weight is 436 g/mol. The molecule has 0 unspecified atom stereocenters. The van der Waals surface area contributed by atoms with Crippen molar-refractivity contribution in [2.24, 2.45) is 5.41 Å². The van der Waals surface area contributed by atoms with E-state index in [1.165, 1.54) is 0 Å². The summed E-state index contributed by atoms with van der Waals surface area (Å²) in [5, 5.41) is 6.06. The lowest BCUT2D eigenvalue weighted by atomic mass is 9.69. The Hall–Kier alpha value is -3.35. The molecule has 0 radical (unpaired) electrons. The minimum atomic E-state index is -0.836. The van der Waals surface area contributed by atoms with E-state index in [1.807, 2.05) is 43.3 Å². The first-order valence-corrected chi connectivity index (χ1v) is 11.0. The molecule has 2 atom stereocenters. The van der Waals surface area contributed by atoms with Crippen molar-refractivity contribution in [3.63, 3.8) is 0 Å². The molecular formula is C25H29N3O4. The number of benzene rings is 2. The van der Waals surface area contributed by atoms with E-state index in [-0.39, 0.29) is 36.7 Å². The number of piperidine rings is 2. The van der Waals surface area contributed by atoms with E-state index in [4.69, 9.17) is 4.74 Å². The SMILES string of the molecule is COc1ccc(C(=O)N2CC[C@H]3NC(=O)CC[C@]3(C(=O)NCc3ccccc3)C2)c(C)c1. The van der Waals surface area contributed by atoms with Crippen molar-refractivity contribution in [1.82, 2.24) is 15.5 Å². The number of nitrogens with one attached hydrogen (secondary N) is 2. The summed E-state index contributed by atoms with van der Waals surface area (Å²) < 4.78 is 5.25. The lowest BCUT2D eigenvalue weighted by Crippen LogP contribution is -2.66. The molecule has 0 aromatic heterocycles. The number of ether oxygens (including phenoxy) is 1. The third kappa shape index (κ3) is 4.20. The molecule has 2 fully saturated rings. The Kier molecular flexibility index (Phi) is 6.17. The molecule has 2 aliphatic heterocycles. The van der Waals surface area contributed by atoms with E-state index in [2.05, 4.69) is 10.6 Å². The van der Waals surface area contributed by atoms with Crippen LogP contribution >= 0.6 is 0 Å². The highest BCUT2D eigenvalue weighted by atomic mass is 16.5. The fourth-order valence-corrected chi connectivity index (χ4v) is 4.80. The van der Waals surface area contributed by atoms with E-state index in [1.54, 1.807) is 24.1 Å². The lowest BCUT2D eigenvalue weighted by Gasteiger charge is -2.49. The number of carbonyl (C=O) groups is 3. The molecule has 32 heavy (non-hydrogen) atoms. The molecule has 0 spiro atoms. The van der Waals surface area contributed by atoms with Crippen LogP contribution in [0.4, 0.5) is 0 Å². The summed E-state index contributed by atoms with van der Waals surface area (Å²) >= 11 is 0. The minimum absolute atomic E-state index is 0.0349. The number of aryl methyl sites for hydroxylation is 1. The van der Waals surface area contributed by atoms with Crippen LogP contribution in [0.3, 0.4) is 0 Å². The normalized spacial score (nSPS) is 22.5. The molecule has 0 saturated carbocycles. The van der Waals surface area contributed by atoms with E-state index >= 15 is 0 Å². The van der Waals surface area contributed by atoms with Crippen molar-refractivity contribution < 1.29 is 19.1 Å². The fraction of sp³-hybridized carbons (Fsp3) is 0.400. The summed E-state index contributed by atoms with van der Waals surface area (Å²) in [6, 6.07) is 14.8. The Morgan fingerprint density at radius 1 is 1.22 bits per heavy atom. The van der Waals surface area contributed by atoms with Crippen LogP contribution in [0, 0.1) is 12.3 Å². The summed E-state index contributed by atoms with van der Waals surface area (Å²) in [6.07, 6.45) is 1.25. The highest BCUT2D eigenvalue weighted by molar-refractivity contribution is 5.97. The molecule has 2 N–H and O–H groups in total. The van der Waals surface area contributed by atoms with E-state index in [0.717, 1.165) is 11.1 Å². The zero-order valence-electron chi connectivity index (χ0n) is 18.5. The monoisotopic (exact) mass is 435 g/mol. The number of hydrogen-bond donors (Lipinski definition) is 2. The third-order valence-corrected chi connectivity index (χ3v) is 6.66. The van der Waals surface area contributed by atoms with Crippen molar-refractivity contribution in [3.8, 4) is 5.75 Å². The van der Waals surface area contributed by atoms with Gasteiger partial charge in [-0.05, 0) is 49.1 Å². The highest BCUT2D eigenvalue weighted by Crippen LogP contribution is 2.39. The second-order valence-corrected chi connectivity index (χ2v) is 8.64. The van der Waals surface area contributed by atoms with E-state index in [9.17, 15) is 14.4 Å². The maximum Gasteiger partial charge on any atom is 0.254 e. The molecule has 2 aliphatic rings. The maximum absolute atomic E-state index is 13.5. The van der Waals surface area contributed by atoms with Crippen molar-refractivity contribution in [1.29, 1.82) is 0 Å². The Labute approximate surface area is 188 Å². The fourth-order valence-electron chi connectivity index (χ4n) is 4.80. The number of amides is 3. The highest BCUT2D eigenvalue weighted by Gasteiger charge is 2.52. The molecule has 168 valence electrons. The Balaban J connectivity index is 1.56. The molecular weight excluding hydrogens is 406 g/mol. The van der Waals surface area contributed by atoms with Gasteiger partial charge in [0.1, 0.15) is 5.75 Å². The number of hydrogen-bond acceptors (Lipinski definition) is 4. The Morgan fingerprint density at radius 2 is 2.00 bits per heavy atom. The van der Waals surface area contributed by atoms with Crippen LogP contribution in [0.1, 0.15) is 40.7 Å². The molecule has 7 nitrogen and oxygen atoms in total. The summed E-state index contributed by atoms with van der Waals surface area (Å²) in [5.41, 5.74) is 1.60. The molecule has 0 aliphatic carbocycles. The second-order valence-electron chi connectivity index (χ2n) is 8.64. The predicted octanol–water partition coefficient (Wildman–Crippen LogP) is 2.43.